The zero-order valence-electron chi connectivity index (χ0n) is 25.9. The van der Waals surface area contributed by atoms with E-state index < -0.39 is 0 Å². The van der Waals surface area contributed by atoms with Gasteiger partial charge in [0, 0.05) is 50.0 Å². The fourth-order valence-corrected chi connectivity index (χ4v) is 9.70. The first-order chi connectivity index (χ1) is 23.8. The van der Waals surface area contributed by atoms with Crippen LogP contribution in [0.5, 0.6) is 5.75 Å². The van der Waals surface area contributed by atoms with Crippen molar-refractivity contribution in [2.75, 3.05) is 9.80 Å². The number of anilines is 6. The maximum Gasteiger partial charge on any atom is 0.431 e. The van der Waals surface area contributed by atoms with Gasteiger partial charge in [0.25, 0.3) is 5.99 Å². The fourth-order valence-electron chi connectivity index (χ4n) is 8.30. The summed E-state index contributed by atoms with van der Waals surface area (Å²) < 4.78 is 7.04. The van der Waals surface area contributed by atoms with E-state index in [0.29, 0.717) is 0 Å². The summed E-state index contributed by atoms with van der Waals surface area (Å²) in [5.74, 6) is 1.08. The molecule has 0 unspecified atom stereocenters. The molecule has 222 valence electrons. The molecule has 4 aliphatic rings. The quantitative estimate of drug-likeness (QED) is 0.179. The summed E-state index contributed by atoms with van der Waals surface area (Å²) in [5.41, 5.74) is 17.2. The second-order valence-corrected chi connectivity index (χ2v) is 13.9. The van der Waals surface area contributed by atoms with E-state index in [1.165, 1.54) is 54.8 Å². The molecule has 7 aromatic carbocycles. The van der Waals surface area contributed by atoms with Crippen molar-refractivity contribution in [1.29, 1.82) is 0 Å². The summed E-state index contributed by atoms with van der Waals surface area (Å²) in [5, 5.41) is 0. The molecule has 0 saturated carbocycles. The van der Waals surface area contributed by atoms with Gasteiger partial charge >= 0.3 is 6.92 Å². The monoisotopic (exact) mass is 628 g/mol. The SMILES string of the molecule is c1ccc(N2c3cc4c(cc3B3Oc5ccccc5-c5cccc2c53)B2Sc3ccccc3-c3cccc(c32)N4c2ccccc2)cc1. The maximum atomic E-state index is 7.04. The molecule has 0 N–H and O–H groups in total. The molecule has 11 rings (SSSR count). The normalized spacial score (nSPS) is 14.2. The summed E-state index contributed by atoms with van der Waals surface area (Å²) in [6.07, 6.45) is 0. The van der Waals surface area contributed by atoms with E-state index in [1.807, 2.05) is 11.6 Å². The first-order valence-corrected chi connectivity index (χ1v) is 17.4. The van der Waals surface area contributed by atoms with E-state index in [1.54, 1.807) is 0 Å². The van der Waals surface area contributed by atoms with Crippen LogP contribution in [0.1, 0.15) is 0 Å². The van der Waals surface area contributed by atoms with Crippen LogP contribution in [0.4, 0.5) is 34.1 Å². The summed E-state index contributed by atoms with van der Waals surface area (Å²) in [7, 11) is 0. The van der Waals surface area contributed by atoms with E-state index in [2.05, 4.69) is 168 Å². The third-order valence-corrected chi connectivity index (χ3v) is 11.6. The minimum atomic E-state index is -0.228. The third kappa shape index (κ3) is 3.58. The number of hydrogen-bond donors (Lipinski definition) is 0. The van der Waals surface area contributed by atoms with Gasteiger partial charge in [0.05, 0.1) is 0 Å². The van der Waals surface area contributed by atoms with E-state index >= 15 is 0 Å². The summed E-state index contributed by atoms with van der Waals surface area (Å²) in [4.78, 5) is 6.25. The number of fused-ring (bicyclic) bond motifs is 8. The van der Waals surface area contributed by atoms with Gasteiger partial charge in [-0.25, -0.2) is 0 Å². The van der Waals surface area contributed by atoms with Crippen LogP contribution in [0.15, 0.2) is 163 Å². The molecule has 0 bridgehead atoms. The molecule has 48 heavy (non-hydrogen) atoms. The summed E-state index contributed by atoms with van der Waals surface area (Å²) in [6.45, 7) is -0.228. The Bertz CT molecular complexity index is 2280. The molecule has 0 spiro atoms. The van der Waals surface area contributed by atoms with Crippen molar-refractivity contribution >= 4 is 80.5 Å². The number of benzene rings is 7. The van der Waals surface area contributed by atoms with Gasteiger partial charge < -0.3 is 14.5 Å². The second-order valence-electron chi connectivity index (χ2n) is 12.8. The van der Waals surface area contributed by atoms with Crippen LogP contribution in [0.3, 0.4) is 0 Å². The fraction of sp³-hybridized carbons (Fsp3) is 0. The van der Waals surface area contributed by atoms with Gasteiger partial charge in [-0.15, -0.1) is 0 Å². The molecular formula is C42H26B2N2OS. The van der Waals surface area contributed by atoms with Gasteiger partial charge in [-0.05, 0) is 87.7 Å². The lowest BCUT2D eigenvalue weighted by molar-refractivity contribution is 0.590. The summed E-state index contributed by atoms with van der Waals surface area (Å²) >= 11 is 1.97. The van der Waals surface area contributed by atoms with Crippen molar-refractivity contribution < 1.29 is 4.65 Å². The van der Waals surface area contributed by atoms with Gasteiger partial charge in [0.2, 0.25) is 0 Å². The largest absolute Gasteiger partial charge is 0.551 e. The molecule has 0 atom stereocenters. The highest BCUT2D eigenvalue weighted by atomic mass is 32.2. The van der Waals surface area contributed by atoms with Crippen LogP contribution in [0.2, 0.25) is 0 Å². The lowest BCUT2D eigenvalue weighted by atomic mass is 9.47. The van der Waals surface area contributed by atoms with Gasteiger partial charge in [-0.2, -0.15) is 11.6 Å². The minimum absolute atomic E-state index is 0.143. The minimum Gasteiger partial charge on any atom is -0.551 e. The molecular weight excluding hydrogens is 602 g/mol. The van der Waals surface area contributed by atoms with Gasteiger partial charge in [-0.1, -0.05) is 103 Å². The van der Waals surface area contributed by atoms with Gasteiger partial charge in [0.1, 0.15) is 5.75 Å². The molecule has 0 fully saturated rings. The van der Waals surface area contributed by atoms with E-state index in [-0.39, 0.29) is 12.9 Å². The van der Waals surface area contributed by atoms with Crippen LogP contribution in [0, 0.1) is 0 Å². The van der Waals surface area contributed by atoms with Crippen molar-refractivity contribution in [3.63, 3.8) is 0 Å². The average molecular weight is 628 g/mol. The first kappa shape index (κ1) is 26.5. The molecule has 0 aromatic heterocycles. The van der Waals surface area contributed by atoms with Gasteiger partial charge in [-0.3, -0.25) is 0 Å². The predicted octanol–water partition coefficient (Wildman–Crippen LogP) is 8.30. The lowest BCUT2D eigenvalue weighted by Gasteiger charge is -2.43. The molecule has 7 aromatic rings. The smallest absolute Gasteiger partial charge is 0.431 e. The number of para-hydroxylation sites is 3. The second kappa shape index (κ2) is 9.96. The van der Waals surface area contributed by atoms with Crippen LogP contribution in [0.25, 0.3) is 22.3 Å². The Labute approximate surface area is 284 Å². The van der Waals surface area contributed by atoms with Crippen molar-refractivity contribution in [2.45, 2.75) is 4.90 Å². The van der Waals surface area contributed by atoms with Crippen molar-refractivity contribution in [1.82, 2.24) is 0 Å². The topological polar surface area (TPSA) is 15.7 Å². The van der Waals surface area contributed by atoms with Crippen LogP contribution >= 0.6 is 11.6 Å². The number of nitrogens with zero attached hydrogens (tertiary/aromatic N) is 2. The number of hydrogen-bond acceptors (Lipinski definition) is 4. The Kier molecular flexibility index (Phi) is 5.50. The standard InChI is InChI=1S/C42H26B2N2OS/c1-3-13-27(14-4-1)45-35-21-11-19-31-29-17-7-9-23-39(29)47-43(41(31)35)33-25-34-38(26-37(33)45)46(28-15-5-2-6-16-28)36-22-12-20-32-30-18-8-10-24-40(30)48-44(34)42(32)36/h1-26H. The molecule has 0 amide bonds. The molecule has 0 saturated heterocycles. The van der Waals surface area contributed by atoms with Crippen LogP contribution in [-0.2, 0) is 0 Å². The Morgan fingerprint density at radius 3 is 1.73 bits per heavy atom. The molecule has 4 aliphatic heterocycles. The van der Waals surface area contributed by atoms with E-state index in [9.17, 15) is 0 Å². The molecule has 6 heteroatoms. The van der Waals surface area contributed by atoms with Crippen molar-refractivity contribution in [2.24, 2.45) is 0 Å². The molecule has 3 nitrogen and oxygen atoms in total. The Balaban J connectivity index is 1.23. The van der Waals surface area contributed by atoms with Crippen molar-refractivity contribution in [3.05, 3.63) is 158 Å². The highest BCUT2D eigenvalue weighted by Crippen LogP contribution is 2.48. The molecule has 0 aliphatic carbocycles. The number of rotatable bonds is 2. The zero-order chi connectivity index (χ0) is 31.3. The average Bonchev–Trinajstić information content (AvgIpc) is 3.15. The van der Waals surface area contributed by atoms with Crippen molar-refractivity contribution in [3.8, 4) is 28.0 Å². The molecule has 0 radical (unpaired) electrons. The van der Waals surface area contributed by atoms with E-state index in [0.717, 1.165) is 34.1 Å². The molecule has 4 heterocycles. The Morgan fingerprint density at radius 1 is 0.438 bits per heavy atom. The third-order valence-electron chi connectivity index (χ3n) is 10.3. The van der Waals surface area contributed by atoms with Crippen LogP contribution in [-0.4, -0.2) is 12.9 Å². The lowest BCUT2D eigenvalue weighted by Crippen LogP contribution is -2.59. The zero-order valence-corrected chi connectivity index (χ0v) is 26.7. The van der Waals surface area contributed by atoms with Gasteiger partial charge in [0.15, 0.2) is 0 Å². The van der Waals surface area contributed by atoms with Crippen LogP contribution < -0.4 is 36.3 Å². The first-order valence-electron chi connectivity index (χ1n) is 16.5. The summed E-state index contributed by atoms with van der Waals surface area (Å²) in [6, 6.07) is 57.4. The predicted molar refractivity (Wildman–Crippen MR) is 203 cm³/mol. The maximum absolute atomic E-state index is 7.04. The Hall–Kier alpha value is -5.58. The Morgan fingerprint density at radius 2 is 1.00 bits per heavy atom. The van der Waals surface area contributed by atoms with E-state index in [4.69, 9.17) is 4.65 Å². The highest BCUT2D eigenvalue weighted by Gasteiger charge is 2.46. The highest BCUT2D eigenvalue weighted by molar-refractivity contribution is 8.28.